The molecule has 2 aromatic carbocycles. The topological polar surface area (TPSA) is 93.0 Å². The predicted molar refractivity (Wildman–Crippen MR) is 118 cm³/mol. The summed E-state index contributed by atoms with van der Waals surface area (Å²) >= 11 is 5.32. The average Bonchev–Trinajstić information content (AvgIpc) is 3.22. The number of anilines is 1. The van der Waals surface area contributed by atoms with E-state index in [2.05, 4.69) is 10.6 Å². The minimum absolute atomic E-state index is 0.106. The molecule has 0 aliphatic carbocycles. The van der Waals surface area contributed by atoms with E-state index in [9.17, 15) is 9.90 Å². The van der Waals surface area contributed by atoms with Crippen molar-refractivity contribution in [2.75, 3.05) is 19.5 Å². The molecule has 1 amide bonds. The van der Waals surface area contributed by atoms with Crippen molar-refractivity contribution in [3.63, 3.8) is 0 Å². The Hall–Kier alpha value is -3.36. The minimum atomic E-state index is -0.387. The van der Waals surface area contributed by atoms with Crippen LogP contribution in [0.5, 0.6) is 11.5 Å². The molecular formula is C22H22N2O5S. The van der Waals surface area contributed by atoms with Gasteiger partial charge in [-0.2, -0.15) is 0 Å². The number of thiocarbonyl (C=S) groups is 1. The van der Waals surface area contributed by atoms with Gasteiger partial charge in [0.1, 0.15) is 29.6 Å². The van der Waals surface area contributed by atoms with E-state index in [1.165, 1.54) is 14.2 Å². The number of aliphatic hydroxyl groups is 1. The van der Waals surface area contributed by atoms with Gasteiger partial charge in [0.05, 0.1) is 25.5 Å². The fourth-order valence-corrected chi connectivity index (χ4v) is 3.21. The number of furan rings is 1. The molecule has 0 aliphatic rings. The van der Waals surface area contributed by atoms with Crippen molar-refractivity contribution in [3.8, 4) is 22.8 Å². The van der Waals surface area contributed by atoms with Crippen LogP contribution in [0.3, 0.4) is 0 Å². The van der Waals surface area contributed by atoms with E-state index >= 15 is 0 Å². The van der Waals surface area contributed by atoms with Gasteiger partial charge in [-0.05, 0) is 61.1 Å². The van der Waals surface area contributed by atoms with Gasteiger partial charge in [0.25, 0.3) is 5.91 Å². The molecule has 3 N–H and O–H groups in total. The van der Waals surface area contributed by atoms with Gasteiger partial charge in [0.2, 0.25) is 0 Å². The predicted octanol–water partition coefficient (Wildman–Crippen LogP) is 3.89. The van der Waals surface area contributed by atoms with Gasteiger partial charge in [0.15, 0.2) is 5.11 Å². The molecule has 156 valence electrons. The molecule has 3 aromatic rings. The van der Waals surface area contributed by atoms with Crippen molar-refractivity contribution in [3.05, 3.63) is 65.4 Å². The van der Waals surface area contributed by atoms with Crippen LogP contribution in [0.15, 0.2) is 52.9 Å². The van der Waals surface area contributed by atoms with E-state index in [-0.39, 0.29) is 17.6 Å². The second kappa shape index (κ2) is 9.43. The van der Waals surface area contributed by atoms with Crippen molar-refractivity contribution >= 4 is 28.9 Å². The van der Waals surface area contributed by atoms with Crippen LogP contribution < -0.4 is 20.1 Å². The summed E-state index contributed by atoms with van der Waals surface area (Å²) in [5.74, 6) is 1.70. The van der Waals surface area contributed by atoms with Crippen molar-refractivity contribution in [1.82, 2.24) is 5.32 Å². The molecular weight excluding hydrogens is 404 g/mol. The Morgan fingerprint density at radius 3 is 2.60 bits per heavy atom. The third-order valence-electron chi connectivity index (χ3n) is 4.44. The van der Waals surface area contributed by atoms with E-state index in [0.29, 0.717) is 34.3 Å². The van der Waals surface area contributed by atoms with Gasteiger partial charge >= 0.3 is 0 Å². The van der Waals surface area contributed by atoms with Crippen LogP contribution in [0, 0.1) is 6.92 Å². The second-order valence-corrected chi connectivity index (χ2v) is 6.81. The van der Waals surface area contributed by atoms with Crippen molar-refractivity contribution in [1.29, 1.82) is 0 Å². The lowest BCUT2D eigenvalue weighted by Crippen LogP contribution is -2.34. The van der Waals surface area contributed by atoms with Gasteiger partial charge in [0, 0.05) is 5.56 Å². The summed E-state index contributed by atoms with van der Waals surface area (Å²) in [6.07, 6.45) is 0. The molecule has 1 aromatic heterocycles. The van der Waals surface area contributed by atoms with E-state index in [4.69, 9.17) is 26.1 Å². The number of amides is 1. The number of para-hydroxylation sites is 1. The highest BCUT2D eigenvalue weighted by molar-refractivity contribution is 7.80. The Bertz CT molecular complexity index is 1080. The number of aryl methyl sites for hydroxylation is 1. The number of carbonyl (C=O) groups is 1. The lowest BCUT2D eigenvalue weighted by Gasteiger charge is -2.15. The second-order valence-electron chi connectivity index (χ2n) is 6.40. The standard InChI is InChI=1S/C22H22N2O5S/c1-13-5-4-6-16(20(13)28-3)21(26)24-22(30)23-17-11-14(7-9-19(17)27-2)18-10-8-15(12-25)29-18/h4-11,25H,12H2,1-3H3,(H2,23,24,26,30). The number of hydrogen-bond donors (Lipinski definition) is 3. The maximum atomic E-state index is 12.7. The number of hydrogen-bond acceptors (Lipinski definition) is 6. The maximum absolute atomic E-state index is 12.7. The van der Waals surface area contributed by atoms with Crippen LogP contribution in [0.25, 0.3) is 11.3 Å². The Morgan fingerprint density at radius 1 is 1.13 bits per heavy atom. The highest BCUT2D eigenvalue weighted by Gasteiger charge is 2.16. The van der Waals surface area contributed by atoms with Crippen LogP contribution in [0.4, 0.5) is 5.69 Å². The Kier molecular flexibility index (Phi) is 6.71. The minimum Gasteiger partial charge on any atom is -0.496 e. The number of aliphatic hydroxyl groups excluding tert-OH is 1. The van der Waals surface area contributed by atoms with Crippen LogP contribution in [0.1, 0.15) is 21.7 Å². The van der Waals surface area contributed by atoms with Gasteiger partial charge in [-0.25, -0.2) is 0 Å². The summed E-state index contributed by atoms with van der Waals surface area (Å²) in [5, 5.41) is 14.9. The summed E-state index contributed by atoms with van der Waals surface area (Å²) in [6, 6.07) is 14.1. The molecule has 0 bridgehead atoms. The van der Waals surface area contributed by atoms with Gasteiger partial charge in [-0.3, -0.25) is 10.1 Å². The number of benzene rings is 2. The maximum Gasteiger partial charge on any atom is 0.261 e. The van der Waals surface area contributed by atoms with Crippen LogP contribution in [-0.2, 0) is 6.61 Å². The summed E-state index contributed by atoms with van der Waals surface area (Å²) in [5.41, 5.74) is 2.54. The summed E-state index contributed by atoms with van der Waals surface area (Å²) in [4.78, 5) is 12.7. The third kappa shape index (κ3) is 4.61. The van der Waals surface area contributed by atoms with E-state index in [1.54, 1.807) is 36.4 Å². The molecule has 0 unspecified atom stereocenters. The summed E-state index contributed by atoms with van der Waals surface area (Å²) in [7, 11) is 3.05. The summed E-state index contributed by atoms with van der Waals surface area (Å²) < 4.78 is 16.3. The molecule has 8 heteroatoms. The molecule has 0 aliphatic heterocycles. The Morgan fingerprint density at radius 2 is 1.93 bits per heavy atom. The van der Waals surface area contributed by atoms with Crippen LogP contribution >= 0.6 is 12.2 Å². The van der Waals surface area contributed by atoms with Gasteiger partial charge < -0.3 is 24.3 Å². The SMILES string of the molecule is COc1ccc(-c2ccc(CO)o2)cc1NC(=S)NC(=O)c1cccc(C)c1OC. The first-order valence-electron chi connectivity index (χ1n) is 9.10. The first-order valence-corrected chi connectivity index (χ1v) is 9.51. The monoisotopic (exact) mass is 426 g/mol. The fourth-order valence-electron chi connectivity index (χ4n) is 3.00. The number of nitrogens with one attached hydrogen (secondary N) is 2. The Labute approximate surface area is 179 Å². The van der Waals surface area contributed by atoms with Gasteiger partial charge in [-0.1, -0.05) is 12.1 Å². The molecule has 30 heavy (non-hydrogen) atoms. The zero-order chi connectivity index (χ0) is 21.7. The largest absolute Gasteiger partial charge is 0.496 e. The molecule has 0 spiro atoms. The molecule has 0 atom stereocenters. The first-order chi connectivity index (χ1) is 14.5. The number of carbonyl (C=O) groups excluding carboxylic acids is 1. The third-order valence-corrected chi connectivity index (χ3v) is 4.64. The molecule has 0 fully saturated rings. The van der Waals surface area contributed by atoms with E-state index in [1.807, 2.05) is 19.1 Å². The zero-order valence-electron chi connectivity index (χ0n) is 16.8. The van der Waals surface area contributed by atoms with Crippen molar-refractivity contribution in [2.45, 2.75) is 13.5 Å². The smallest absolute Gasteiger partial charge is 0.261 e. The molecule has 0 saturated carbocycles. The lowest BCUT2D eigenvalue weighted by molar-refractivity contribution is 0.0974. The van der Waals surface area contributed by atoms with Crippen LogP contribution in [0.2, 0.25) is 0 Å². The van der Waals surface area contributed by atoms with E-state index < -0.39 is 0 Å². The molecule has 7 nitrogen and oxygen atoms in total. The first kappa shape index (κ1) is 21.4. The fraction of sp³-hybridized carbons (Fsp3) is 0.182. The van der Waals surface area contributed by atoms with Crippen molar-refractivity contribution < 1.29 is 23.8 Å². The number of methoxy groups -OCH3 is 2. The quantitative estimate of drug-likeness (QED) is 0.515. The van der Waals surface area contributed by atoms with Crippen LogP contribution in [-0.4, -0.2) is 30.3 Å². The lowest BCUT2D eigenvalue weighted by atomic mass is 10.1. The molecule has 3 rings (SSSR count). The number of ether oxygens (including phenoxy) is 2. The van der Waals surface area contributed by atoms with Crippen molar-refractivity contribution in [2.24, 2.45) is 0 Å². The molecule has 0 radical (unpaired) electrons. The number of rotatable bonds is 6. The normalized spacial score (nSPS) is 10.4. The molecule has 1 heterocycles. The van der Waals surface area contributed by atoms with Gasteiger partial charge in [-0.15, -0.1) is 0 Å². The average molecular weight is 426 g/mol. The zero-order valence-corrected chi connectivity index (χ0v) is 17.6. The highest BCUT2D eigenvalue weighted by atomic mass is 32.1. The highest BCUT2D eigenvalue weighted by Crippen LogP contribution is 2.31. The summed E-state index contributed by atoms with van der Waals surface area (Å²) in [6.45, 7) is 1.68. The van der Waals surface area contributed by atoms with E-state index in [0.717, 1.165) is 11.1 Å². The Balaban J connectivity index is 1.79. The molecule has 0 saturated heterocycles.